The molecule has 0 radical (unpaired) electrons. The van der Waals surface area contributed by atoms with E-state index in [0.29, 0.717) is 18.0 Å². The van der Waals surface area contributed by atoms with E-state index in [1.165, 1.54) is 12.7 Å². The molecular formula is C33H50N7O4S-. The minimum absolute atomic E-state index is 0.118. The minimum Gasteiger partial charge on any atom is -0.712 e. The third-order valence-electron chi connectivity index (χ3n) is 9.41. The molecule has 0 spiro atoms. The summed E-state index contributed by atoms with van der Waals surface area (Å²) in [5, 5.41) is 9.70. The molecule has 5 N–H and O–H groups in total. The van der Waals surface area contributed by atoms with Gasteiger partial charge in [0.25, 0.3) is 0 Å². The van der Waals surface area contributed by atoms with Crippen LogP contribution in [0, 0.1) is 17.8 Å². The van der Waals surface area contributed by atoms with E-state index < -0.39 is 50.4 Å². The largest absolute Gasteiger partial charge is 0.712 e. The number of hydrogen-bond donors (Lipinski definition) is 4. The lowest BCUT2D eigenvalue weighted by molar-refractivity contribution is -0.131. The molecule has 2 aliphatic carbocycles. The van der Waals surface area contributed by atoms with Crippen molar-refractivity contribution < 1.29 is 18.0 Å². The number of carbonyl (C=O) groups excluding carboxylic acids is 2. The van der Waals surface area contributed by atoms with Gasteiger partial charge in [-0.2, -0.15) is 0 Å². The van der Waals surface area contributed by atoms with Gasteiger partial charge in [0.2, 0.25) is 11.8 Å². The molecular weight excluding hydrogens is 590 g/mol. The van der Waals surface area contributed by atoms with Crippen LogP contribution in [0.3, 0.4) is 0 Å². The number of nitrogens with zero attached hydrogens (tertiary/aromatic N) is 3. The van der Waals surface area contributed by atoms with Crippen LogP contribution in [0.4, 0.5) is 0 Å². The predicted molar refractivity (Wildman–Crippen MR) is 175 cm³/mol. The van der Waals surface area contributed by atoms with Crippen molar-refractivity contribution in [3.8, 4) is 0 Å². The fourth-order valence-electron chi connectivity index (χ4n) is 6.29. The quantitative estimate of drug-likeness (QED) is 0.200. The Bertz CT molecular complexity index is 1350. The van der Waals surface area contributed by atoms with Crippen molar-refractivity contribution in [1.82, 2.24) is 20.6 Å². The molecule has 2 fully saturated rings. The highest BCUT2D eigenvalue weighted by Crippen LogP contribution is 2.36. The maximum Gasteiger partial charge on any atom is 0.243 e. The Labute approximate surface area is 267 Å². The number of amides is 2. The van der Waals surface area contributed by atoms with Crippen LogP contribution in [0.5, 0.6) is 0 Å². The summed E-state index contributed by atoms with van der Waals surface area (Å²) in [7, 11) is -3.66. The first-order valence-electron chi connectivity index (χ1n) is 16.3. The summed E-state index contributed by atoms with van der Waals surface area (Å²) in [5.74, 6) is -1.61. The summed E-state index contributed by atoms with van der Waals surface area (Å²) < 4.78 is 25.5. The standard InChI is InChI=1S/C33H50N7O4S/c1-33(2,3)45(43,44)20-25(16-22-10-6-4-7-11-22)31(41)39-28(18-26-19-36-21-37-26)32(42)38-27(17-23-12-8-5-9-13-23)30(40-35)29(34)24-14-15-24/h4,6-7,10-11,19,21,23-25,27-30H,5,8-9,12-18,20,34H2,1-3H3,(H,36,37)(H,38,42)(H,39,41)/q-1/t25-,27+,28+,29+,30-/m1/s1. The first-order chi connectivity index (χ1) is 21.4. The molecule has 0 bridgehead atoms. The molecule has 1 aromatic heterocycles. The number of hydrogen-bond acceptors (Lipinski definition) is 7. The number of sulfone groups is 1. The Morgan fingerprint density at radius 2 is 1.73 bits per heavy atom. The van der Waals surface area contributed by atoms with Gasteiger partial charge in [-0.1, -0.05) is 62.4 Å². The highest BCUT2D eigenvalue weighted by molar-refractivity contribution is 7.92. The molecule has 5 atom stereocenters. The molecule has 1 aromatic carbocycles. The van der Waals surface area contributed by atoms with Crippen LogP contribution in [0.2, 0.25) is 0 Å². The second-order valence-electron chi connectivity index (χ2n) is 14.0. The zero-order valence-electron chi connectivity index (χ0n) is 26.8. The third kappa shape index (κ3) is 9.93. The molecule has 45 heavy (non-hydrogen) atoms. The number of aromatic nitrogens is 2. The van der Waals surface area contributed by atoms with E-state index in [4.69, 9.17) is 5.73 Å². The highest BCUT2D eigenvalue weighted by atomic mass is 32.2. The van der Waals surface area contributed by atoms with Crippen molar-refractivity contribution in [2.45, 2.75) is 114 Å². The summed E-state index contributed by atoms with van der Waals surface area (Å²) in [6.07, 6.45) is 11.5. The molecule has 2 saturated carbocycles. The van der Waals surface area contributed by atoms with Crippen LogP contribution in [0.1, 0.15) is 83.4 Å². The number of aromatic amines is 1. The summed E-state index contributed by atoms with van der Waals surface area (Å²) in [6.45, 7) is 4.86. The second kappa shape index (κ2) is 15.4. The number of nitrogens with one attached hydrogen (secondary N) is 3. The molecule has 248 valence electrons. The lowest BCUT2D eigenvalue weighted by Crippen LogP contribution is -2.57. The molecule has 2 aliphatic rings. The molecule has 11 nitrogen and oxygen atoms in total. The average molecular weight is 641 g/mol. The van der Waals surface area contributed by atoms with Crippen molar-refractivity contribution >= 4 is 21.7 Å². The molecule has 12 heteroatoms. The molecule has 1 heterocycles. The monoisotopic (exact) mass is 640 g/mol. The van der Waals surface area contributed by atoms with Gasteiger partial charge in [-0.15, -0.1) is 0 Å². The molecule has 4 rings (SSSR count). The predicted octanol–water partition coefficient (Wildman–Crippen LogP) is 4.09. The van der Waals surface area contributed by atoms with Crippen LogP contribution in [0.15, 0.2) is 48.0 Å². The minimum atomic E-state index is -3.66. The van der Waals surface area contributed by atoms with Gasteiger partial charge in [0.1, 0.15) is 6.04 Å². The number of carbonyl (C=O) groups is 2. The zero-order valence-corrected chi connectivity index (χ0v) is 27.6. The number of rotatable bonds is 16. The first kappa shape index (κ1) is 34.7. The Morgan fingerprint density at radius 1 is 1.04 bits per heavy atom. The summed E-state index contributed by atoms with van der Waals surface area (Å²) in [5.41, 5.74) is 18.1. The van der Waals surface area contributed by atoms with E-state index in [1.54, 1.807) is 27.0 Å². The lowest BCUT2D eigenvalue weighted by atomic mass is 9.81. The molecule has 0 unspecified atom stereocenters. The Hall–Kier alpha value is -3.12. The van der Waals surface area contributed by atoms with Gasteiger partial charge in [-0.25, -0.2) is 13.4 Å². The number of H-pyrrole nitrogens is 1. The van der Waals surface area contributed by atoms with Crippen LogP contribution in [0.25, 0.3) is 5.53 Å². The zero-order chi connectivity index (χ0) is 32.6. The van der Waals surface area contributed by atoms with Crippen molar-refractivity contribution in [3.05, 3.63) is 59.6 Å². The van der Waals surface area contributed by atoms with Gasteiger partial charge in [-0.05, 0) is 63.9 Å². The van der Waals surface area contributed by atoms with Gasteiger partial charge in [0.05, 0.1) is 34.8 Å². The van der Waals surface area contributed by atoms with Crippen LogP contribution >= 0.6 is 0 Å². The van der Waals surface area contributed by atoms with E-state index in [-0.39, 0.29) is 30.6 Å². The fraction of sp³-hybridized carbons (Fsp3) is 0.667. The van der Waals surface area contributed by atoms with Crippen molar-refractivity contribution in [3.63, 3.8) is 0 Å². The van der Waals surface area contributed by atoms with E-state index in [9.17, 15) is 23.5 Å². The van der Waals surface area contributed by atoms with Crippen molar-refractivity contribution in [2.75, 3.05) is 5.75 Å². The lowest BCUT2D eigenvalue weighted by Gasteiger charge is -2.36. The van der Waals surface area contributed by atoms with Crippen LogP contribution in [-0.2, 0) is 32.3 Å². The van der Waals surface area contributed by atoms with E-state index in [1.807, 2.05) is 30.3 Å². The number of nitrogens with two attached hydrogens (primary N) is 1. The van der Waals surface area contributed by atoms with Gasteiger partial charge in [0.15, 0.2) is 9.84 Å². The Balaban J connectivity index is 1.58. The van der Waals surface area contributed by atoms with Gasteiger partial charge >= 0.3 is 0 Å². The van der Waals surface area contributed by atoms with E-state index in [2.05, 4.69) is 25.7 Å². The van der Waals surface area contributed by atoms with Gasteiger partial charge < -0.3 is 32.0 Å². The van der Waals surface area contributed by atoms with Gasteiger partial charge in [0, 0.05) is 24.4 Å². The molecule has 2 amide bonds. The molecule has 0 saturated heterocycles. The SMILES string of the molecule is CC(C)(C)S(=O)(=O)C[C@@H](Cc1ccccc1)C(=O)N[C@@H](Cc1cnc[nH]1)C(=O)N[C@@H](CC1CCCCC1)[C@@H](N=[N-])[C@@H](N)C1CC1. The average Bonchev–Trinajstić information content (AvgIpc) is 3.73. The first-order valence-corrected chi connectivity index (χ1v) is 18.0. The third-order valence-corrected chi connectivity index (χ3v) is 12.1. The summed E-state index contributed by atoms with van der Waals surface area (Å²) in [6, 6.07) is 6.67. The smallest absolute Gasteiger partial charge is 0.243 e. The van der Waals surface area contributed by atoms with Crippen molar-refractivity contribution in [1.29, 1.82) is 0 Å². The highest BCUT2D eigenvalue weighted by Gasteiger charge is 2.40. The van der Waals surface area contributed by atoms with E-state index in [0.717, 1.165) is 44.1 Å². The second-order valence-corrected chi connectivity index (χ2v) is 16.8. The summed E-state index contributed by atoms with van der Waals surface area (Å²) in [4.78, 5) is 35.1. The van der Waals surface area contributed by atoms with E-state index >= 15 is 0 Å². The number of imidazole rings is 1. The summed E-state index contributed by atoms with van der Waals surface area (Å²) >= 11 is 0. The fourth-order valence-corrected chi connectivity index (χ4v) is 7.59. The Kier molecular flexibility index (Phi) is 11.9. The van der Waals surface area contributed by atoms with Crippen LogP contribution < -0.4 is 16.4 Å². The Morgan fingerprint density at radius 3 is 2.31 bits per heavy atom. The van der Waals surface area contributed by atoms with Gasteiger partial charge in [-0.3, -0.25) is 9.59 Å². The topological polar surface area (TPSA) is 182 Å². The maximum atomic E-state index is 14.1. The van der Waals surface area contributed by atoms with Crippen LogP contribution in [-0.4, -0.2) is 64.9 Å². The molecule has 0 aliphatic heterocycles. The number of benzene rings is 1. The molecule has 2 aromatic rings. The van der Waals surface area contributed by atoms with Crippen molar-refractivity contribution in [2.24, 2.45) is 28.6 Å². The maximum absolute atomic E-state index is 14.1. The normalized spacial score (nSPS) is 19.6.